The molecule has 82 valence electrons. The molecule has 0 aliphatic carbocycles. The second-order valence-corrected chi connectivity index (χ2v) is 5.61. The standard InChI is InChI=1S/C11H23N3/c1-11(2,3)14-5-4-10-9(7-14)6-12-8-13-10/h9-10,12-13H,4-8H2,1-3H3. The Labute approximate surface area is 87.2 Å². The van der Waals surface area contributed by atoms with Gasteiger partial charge in [-0.2, -0.15) is 0 Å². The van der Waals surface area contributed by atoms with Gasteiger partial charge in [0.15, 0.2) is 0 Å². The Kier molecular flexibility index (Phi) is 2.82. The quantitative estimate of drug-likeness (QED) is 0.596. The zero-order valence-electron chi connectivity index (χ0n) is 9.64. The molecule has 2 saturated heterocycles. The highest BCUT2D eigenvalue weighted by molar-refractivity contribution is 4.92. The molecule has 0 aromatic rings. The SMILES string of the molecule is CC(C)(C)N1CCC2NCNCC2C1. The maximum absolute atomic E-state index is 3.56. The first-order chi connectivity index (χ1) is 6.57. The topological polar surface area (TPSA) is 27.3 Å². The third-order valence-corrected chi connectivity index (χ3v) is 3.58. The second-order valence-electron chi connectivity index (χ2n) is 5.61. The molecule has 2 fully saturated rings. The van der Waals surface area contributed by atoms with Crippen LogP contribution in [-0.4, -0.2) is 42.8 Å². The molecule has 0 amide bonds. The van der Waals surface area contributed by atoms with Crippen LogP contribution in [0.3, 0.4) is 0 Å². The van der Waals surface area contributed by atoms with E-state index in [4.69, 9.17) is 0 Å². The minimum Gasteiger partial charge on any atom is -0.304 e. The van der Waals surface area contributed by atoms with Crippen LogP contribution >= 0.6 is 0 Å². The first-order valence-corrected chi connectivity index (χ1v) is 5.76. The molecule has 0 aromatic heterocycles. The van der Waals surface area contributed by atoms with Gasteiger partial charge < -0.3 is 10.6 Å². The molecule has 3 heteroatoms. The van der Waals surface area contributed by atoms with Crippen molar-refractivity contribution >= 4 is 0 Å². The van der Waals surface area contributed by atoms with Crippen molar-refractivity contribution in [3.8, 4) is 0 Å². The van der Waals surface area contributed by atoms with Gasteiger partial charge in [-0.3, -0.25) is 4.90 Å². The number of fused-ring (bicyclic) bond motifs is 1. The minimum absolute atomic E-state index is 0.336. The molecule has 2 atom stereocenters. The molecule has 3 nitrogen and oxygen atoms in total. The van der Waals surface area contributed by atoms with Crippen LogP contribution in [0.25, 0.3) is 0 Å². The number of piperidine rings is 1. The maximum atomic E-state index is 3.56. The number of hydrogen-bond acceptors (Lipinski definition) is 3. The second kappa shape index (κ2) is 3.80. The Bertz CT molecular complexity index is 197. The summed E-state index contributed by atoms with van der Waals surface area (Å²) in [4.78, 5) is 2.61. The minimum atomic E-state index is 0.336. The summed E-state index contributed by atoms with van der Waals surface area (Å²) in [6, 6.07) is 0.759. The fourth-order valence-electron chi connectivity index (χ4n) is 2.58. The van der Waals surface area contributed by atoms with Gasteiger partial charge in [0.05, 0.1) is 0 Å². The number of rotatable bonds is 0. The van der Waals surface area contributed by atoms with E-state index >= 15 is 0 Å². The van der Waals surface area contributed by atoms with E-state index in [-0.39, 0.29) is 0 Å². The van der Waals surface area contributed by atoms with E-state index in [0.717, 1.165) is 18.6 Å². The summed E-state index contributed by atoms with van der Waals surface area (Å²) < 4.78 is 0. The predicted molar refractivity (Wildman–Crippen MR) is 59.2 cm³/mol. The van der Waals surface area contributed by atoms with E-state index in [0.29, 0.717) is 5.54 Å². The van der Waals surface area contributed by atoms with Crippen LogP contribution in [0.2, 0.25) is 0 Å². The Morgan fingerprint density at radius 1 is 1.29 bits per heavy atom. The largest absolute Gasteiger partial charge is 0.304 e. The normalized spacial score (nSPS) is 35.4. The molecule has 2 N–H and O–H groups in total. The number of nitrogens with one attached hydrogen (secondary N) is 2. The van der Waals surface area contributed by atoms with Crippen LogP contribution < -0.4 is 10.6 Å². The number of nitrogens with zero attached hydrogens (tertiary/aromatic N) is 1. The summed E-state index contributed by atoms with van der Waals surface area (Å²) in [5, 5.41) is 6.97. The Balaban J connectivity index is 1.96. The molecule has 2 aliphatic rings. The van der Waals surface area contributed by atoms with Crippen molar-refractivity contribution in [1.82, 2.24) is 15.5 Å². The van der Waals surface area contributed by atoms with Gasteiger partial charge in [-0.15, -0.1) is 0 Å². The molecular weight excluding hydrogens is 174 g/mol. The zero-order valence-corrected chi connectivity index (χ0v) is 9.64. The molecule has 0 bridgehead atoms. The Morgan fingerprint density at radius 2 is 2.07 bits per heavy atom. The maximum Gasteiger partial charge on any atom is 0.0456 e. The summed E-state index contributed by atoms with van der Waals surface area (Å²) in [6.45, 7) is 11.6. The average Bonchev–Trinajstić information content (AvgIpc) is 2.16. The highest BCUT2D eigenvalue weighted by atomic mass is 15.2. The highest BCUT2D eigenvalue weighted by Gasteiger charge is 2.34. The molecule has 0 spiro atoms. The first-order valence-electron chi connectivity index (χ1n) is 5.76. The van der Waals surface area contributed by atoms with Crippen molar-refractivity contribution in [2.24, 2.45) is 5.92 Å². The van der Waals surface area contributed by atoms with Gasteiger partial charge in [0.1, 0.15) is 0 Å². The molecule has 2 heterocycles. The van der Waals surface area contributed by atoms with Gasteiger partial charge in [-0.05, 0) is 33.1 Å². The third kappa shape index (κ3) is 2.10. The van der Waals surface area contributed by atoms with Crippen molar-refractivity contribution in [3.63, 3.8) is 0 Å². The van der Waals surface area contributed by atoms with Gasteiger partial charge in [-0.25, -0.2) is 0 Å². The van der Waals surface area contributed by atoms with Crippen molar-refractivity contribution in [3.05, 3.63) is 0 Å². The van der Waals surface area contributed by atoms with Gasteiger partial charge in [0, 0.05) is 37.9 Å². The average molecular weight is 197 g/mol. The lowest BCUT2D eigenvalue weighted by molar-refractivity contribution is 0.0492. The zero-order chi connectivity index (χ0) is 10.2. The first kappa shape index (κ1) is 10.4. The molecule has 2 unspecified atom stereocenters. The fraction of sp³-hybridized carbons (Fsp3) is 1.00. The van der Waals surface area contributed by atoms with Crippen LogP contribution in [0.4, 0.5) is 0 Å². The molecule has 0 saturated carbocycles. The van der Waals surface area contributed by atoms with Crippen molar-refractivity contribution in [2.45, 2.75) is 38.8 Å². The molecular formula is C11H23N3. The van der Waals surface area contributed by atoms with Crippen molar-refractivity contribution < 1.29 is 0 Å². The van der Waals surface area contributed by atoms with Gasteiger partial charge in [0.25, 0.3) is 0 Å². The summed E-state index contributed by atoms with van der Waals surface area (Å²) in [6.07, 6.45) is 1.31. The number of likely N-dealkylation sites (tertiary alicyclic amines) is 1. The molecule has 14 heavy (non-hydrogen) atoms. The lowest BCUT2D eigenvalue weighted by atomic mass is 9.88. The smallest absolute Gasteiger partial charge is 0.0456 e. The van der Waals surface area contributed by atoms with E-state index < -0.39 is 0 Å². The monoisotopic (exact) mass is 197 g/mol. The Morgan fingerprint density at radius 3 is 2.79 bits per heavy atom. The third-order valence-electron chi connectivity index (χ3n) is 3.58. The van der Waals surface area contributed by atoms with Crippen LogP contribution in [0, 0.1) is 5.92 Å². The van der Waals surface area contributed by atoms with E-state index in [1.165, 1.54) is 26.1 Å². The van der Waals surface area contributed by atoms with E-state index in [1.807, 2.05) is 0 Å². The lowest BCUT2D eigenvalue weighted by Crippen LogP contribution is -2.61. The highest BCUT2D eigenvalue weighted by Crippen LogP contribution is 2.24. The van der Waals surface area contributed by atoms with Gasteiger partial charge in [0.2, 0.25) is 0 Å². The lowest BCUT2D eigenvalue weighted by Gasteiger charge is -2.47. The summed E-state index contributed by atoms with van der Waals surface area (Å²) in [7, 11) is 0. The molecule has 0 aromatic carbocycles. The van der Waals surface area contributed by atoms with Crippen LogP contribution in [-0.2, 0) is 0 Å². The van der Waals surface area contributed by atoms with E-state index in [1.54, 1.807) is 0 Å². The van der Waals surface area contributed by atoms with Crippen LogP contribution in [0.5, 0.6) is 0 Å². The summed E-state index contributed by atoms with van der Waals surface area (Å²) in [5.41, 5.74) is 0.336. The van der Waals surface area contributed by atoms with E-state index in [2.05, 4.69) is 36.3 Å². The van der Waals surface area contributed by atoms with Crippen molar-refractivity contribution in [2.75, 3.05) is 26.3 Å². The van der Waals surface area contributed by atoms with Crippen LogP contribution in [0.1, 0.15) is 27.2 Å². The molecule has 0 radical (unpaired) electrons. The Hall–Kier alpha value is -0.120. The van der Waals surface area contributed by atoms with Gasteiger partial charge in [-0.1, -0.05) is 0 Å². The summed E-state index contributed by atoms with van der Waals surface area (Å²) >= 11 is 0. The van der Waals surface area contributed by atoms with Crippen LogP contribution in [0.15, 0.2) is 0 Å². The number of hydrogen-bond donors (Lipinski definition) is 2. The fourth-order valence-corrected chi connectivity index (χ4v) is 2.58. The summed E-state index contributed by atoms with van der Waals surface area (Å²) in [5.74, 6) is 0.803. The predicted octanol–water partition coefficient (Wildman–Crippen LogP) is 0.626. The van der Waals surface area contributed by atoms with Crippen molar-refractivity contribution in [1.29, 1.82) is 0 Å². The molecule has 2 rings (SSSR count). The molecule has 2 aliphatic heterocycles. The van der Waals surface area contributed by atoms with Gasteiger partial charge >= 0.3 is 0 Å². The van der Waals surface area contributed by atoms with E-state index in [9.17, 15) is 0 Å².